The lowest BCUT2D eigenvalue weighted by Gasteiger charge is -2.22. The van der Waals surface area contributed by atoms with Gasteiger partial charge in [0.2, 0.25) is 0 Å². The van der Waals surface area contributed by atoms with Crippen molar-refractivity contribution in [3.63, 3.8) is 0 Å². The quantitative estimate of drug-likeness (QED) is 0.884. The molecule has 8 heteroatoms. The van der Waals surface area contributed by atoms with Crippen molar-refractivity contribution in [3.8, 4) is 0 Å². The van der Waals surface area contributed by atoms with E-state index < -0.39 is 14.6 Å². The minimum atomic E-state index is -3.27. The second-order valence-electron chi connectivity index (χ2n) is 5.43. The standard InChI is InChI=1S/C13H17N3O3S2/c1-13(2,21(3,18)19)7-16-12(17)11-10(14)8-4-5-15-6-9(8)20-11/h4-6H,7,14H2,1-3H3,(H,16,17). The fraction of sp³-hybridized carbons (Fsp3) is 0.385. The van der Waals surface area contributed by atoms with Crippen molar-refractivity contribution in [2.75, 3.05) is 18.5 Å². The summed E-state index contributed by atoms with van der Waals surface area (Å²) in [5.41, 5.74) is 6.36. The predicted molar refractivity (Wildman–Crippen MR) is 85.3 cm³/mol. The molecule has 0 aliphatic heterocycles. The van der Waals surface area contributed by atoms with Crippen LogP contribution in [0.5, 0.6) is 0 Å². The molecule has 0 spiro atoms. The van der Waals surface area contributed by atoms with Crippen molar-refractivity contribution in [2.24, 2.45) is 0 Å². The summed E-state index contributed by atoms with van der Waals surface area (Å²) in [6.07, 6.45) is 4.41. The van der Waals surface area contributed by atoms with E-state index >= 15 is 0 Å². The maximum Gasteiger partial charge on any atom is 0.263 e. The first-order chi connectivity index (χ1) is 9.63. The number of rotatable bonds is 4. The van der Waals surface area contributed by atoms with Crippen LogP contribution in [0.1, 0.15) is 23.5 Å². The lowest BCUT2D eigenvalue weighted by Crippen LogP contribution is -2.43. The second kappa shape index (κ2) is 5.27. The molecule has 0 fully saturated rings. The first-order valence-electron chi connectivity index (χ1n) is 6.23. The molecule has 2 rings (SSSR count). The predicted octanol–water partition coefficient (Wildman–Crippen LogP) is 1.43. The molecule has 0 unspecified atom stereocenters. The highest BCUT2D eigenvalue weighted by atomic mass is 32.2. The van der Waals surface area contributed by atoms with Gasteiger partial charge in [-0.3, -0.25) is 9.78 Å². The fourth-order valence-corrected chi connectivity index (χ4v) is 2.98. The zero-order valence-corrected chi connectivity index (χ0v) is 13.6. The molecule has 0 atom stereocenters. The monoisotopic (exact) mass is 327 g/mol. The van der Waals surface area contributed by atoms with Gasteiger partial charge in [0.05, 0.1) is 15.1 Å². The number of carbonyl (C=O) groups is 1. The van der Waals surface area contributed by atoms with Crippen LogP contribution in [-0.4, -0.2) is 36.9 Å². The molecule has 1 amide bonds. The van der Waals surface area contributed by atoms with Crippen molar-refractivity contribution in [3.05, 3.63) is 23.3 Å². The maximum atomic E-state index is 12.2. The largest absolute Gasteiger partial charge is 0.397 e. The van der Waals surface area contributed by atoms with Gasteiger partial charge in [-0.05, 0) is 19.9 Å². The van der Waals surface area contributed by atoms with Crippen molar-refractivity contribution < 1.29 is 13.2 Å². The Bertz CT molecular complexity index is 794. The number of nitrogens with two attached hydrogens (primary N) is 1. The lowest BCUT2D eigenvalue weighted by atomic mass is 10.2. The number of hydrogen-bond donors (Lipinski definition) is 2. The molecule has 2 heterocycles. The molecule has 0 saturated carbocycles. The molecule has 0 aromatic carbocycles. The molecular weight excluding hydrogens is 310 g/mol. The van der Waals surface area contributed by atoms with Crippen molar-refractivity contribution in [1.29, 1.82) is 0 Å². The maximum absolute atomic E-state index is 12.2. The highest BCUT2D eigenvalue weighted by molar-refractivity contribution is 7.92. The van der Waals surface area contributed by atoms with Crippen LogP contribution < -0.4 is 11.1 Å². The van der Waals surface area contributed by atoms with Gasteiger partial charge in [0.15, 0.2) is 9.84 Å². The van der Waals surface area contributed by atoms with Crippen LogP contribution in [0.25, 0.3) is 10.1 Å². The van der Waals surface area contributed by atoms with E-state index in [0.717, 1.165) is 16.3 Å². The van der Waals surface area contributed by atoms with E-state index in [1.807, 2.05) is 0 Å². The highest BCUT2D eigenvalue weighted by Crippen LogP contribution is 2.32. The Kier molecular flexibility index (Phi) is 3.94. The van der Waals surface area contributed by atoms with Gasteiger partial charge in [-0.2, -0.15) is 0 Å². The summed E-state index contributed by atoms with van der Waals surface area (Å²) in [6, 6.07) is 1.75. The topological polar surface area (TPSA) is 102 Å². The Morgan fingerprint density at radius 1 is 1.48 bits per heavy atom. The molecule has 6 nitrogen and oxygen atoms in total. The van der Waals surface area contributed by atoms with E-state index in [0.29, 0.717) is 10.6 Å². The Labute approximate surface area is 127 Å². The number of nitrogen functional groups attached to an aromatic ring is 1. The summed E-state index contributed by atoms with van der Waals surface area (Å²) in [4.78, 5) is 16.6. The summed E-state index contributed by atoms with van der Waals surface area (Å²) in [6.45, 7) is 3.16. The molecule has 21 heavy (non-hydrogen) atoms. The number of fused-ring (bicyclic) bond motifs is 1. The number of carbonyl (C=O) groups excluding carboxylic acids is 1. The van der Waals surface area contributed by atoms with E-state index in [-0.39, 0.29) is 12.5 Å². The minimum Gasteiger partial charge on any atom is -0.397 e. The summed E-state index contributed by atoms with van der Waals surface area (Å²) in [7, 11) is -3.27. The SMILES string of the molecule is CC(C)(CNC(=O)c1sc2cnccc2c1N)S(C)(=O)=O. The number of nitrogens with one attached hydrogen (secondary N) is 1. The molecule has 0 saturated heterocycles. The number of nitrogens with zero attached hydrogens (tertiary/aromatic N) is 1. The number of sulfone groups is 1. The van der Waals surface area contributed by atoms with E-state index in [1.165, 1.54) is 11.3 Å². The Morgan fingerprint density at radius 3 is 2.71 bits per heavy atom. The minimum absolute atomic E-state index is 0.0244. The van der Waals surface area contributed by atoms with Gasteiger partial charge in [0.25, 0.3) is 5.91 Å². The van der Waals surface area contributed by atoms with Gasteiger partial charge in [-0.1, -0.05) is 0 Å². The third-order valence-corrected chi connectivity index (χ3v) is 6.72. The molecule has 0 aliphatic carbocycles. The van der Waals surface area contributed by atoms with Gasteiger partial charge in [0.1, 0.15) is 4.88 Å². The first kappa shape index (κ1) is 15.7. The molecule has 2 aromatic heterocycles. The van der Waals surface area contributed by atoms with Gasteiger partial charge < -0.3 is 11.1 Å². The molecule has 3 N–H and O–H groups in total. The summed E-state index contributed by atoms with van der Waals surface area (Å²) >= 11 is 1.24. The summed E-state index contributed by atoms with van der Waals surface area (Å²) < 4.78 is 23.0. The van der Waals surface area contributed by atoms with Crippen LogP contribution in [0.2, 0.25) is 0 Å². The van der Waals surface area contributed by atoms with Gasteiger partial charge in [-0.25, -0.2) is 8.42 Å². The number of hydrogen-bond acceptors (Lipinski definition) is 6. The average Bonchev–Trinajstić information content (AvgIpc) is 2.73. The number of aromatic nitrogens is 1. The van der Waals surface area contributed by atoms with Crippen LogP contribution in [0.3, 0.4) is 0 Å². The first-order valence-corrected chi connectivity index (χ1v) is 8.94. The molecule has 0 bridgehead atoms. The van der Waals surface area contributed by atoms with Crippen molar-refractivity contribution >= 4 is 42.9 Å². The second-order valence-corrected chi connectivity index (χ2v) is 9.13. The van der Waals surface area contributed by atoms with Crippen LogP contribution in [0, 0.1) is 0 Å². The van der Waals surface area contributed by atoms with Gasteiger partial charge in [0, 0.05) is 30.6 Å². The average molecular weight is 327 g/mol. The third-order valence-electron chi connectivity index (χ3n) is 3.42. The Hall–Kier alpha value is -1.67. The number of thiophene rings is 1. The molecule has 0 radical (unpaired) electrons. The lowest BCUT2D eigenvalue weighted by molar-refractivity contribution is 0.0955. The van der Waals surface area contributed by atoms with E-state index in [9.17, 15) is 13.2 Å². The Balaban J connectivity index is 2.22. The highest BCUT2D eigenvalue weighted by Gasteiger charge is 2.31. The van der Waals surface area contributed by atoms with Crippen LogP contribution in [-0.2, 0) is 9.84 Å². The van der Waals surface area contributed by atoms with E-state index in [1.54, 1.807) is 32.3 Å². The van der Waals surface area contributed by atoms with Gasteiger partial charge >= 0.3 is 0 Å². The molecule has 114 valence electrons. The summed E-state index contributed by atoms with van der Waals surface area (Å²) in [5.74, 6) is -0.370. The Morgan fingerprint density at radius 2 is 2.14 bits per heavy atom. The zero-order chi connectivity index (χ0) is 15.8. The number of amides is 1. The van der Waals surface area contributed by atoms with Crippen LogP contribution in [0.4, 0.5) is 5.69 Å². The molecular formula is C13H17N3O3S2. The van der Waals surface area contributed by atoms with Crippen LogP contribution in [0.15, 0.2) is 18.5 Å². The zero-order valence-electron chi connectivity index (χ0n) is 12.0. The van der Waals surface area contributed by atoms with Crippen molar-refractivity contribution in [1.82, 2.24) is 10.3 Å². The van der Waals surface area contributed by atoms with Crippen LogP contribution >= 0.6 is 11.3 Å². The summed E-state index contributed by atoms with van der Waals surface area (Å²) in [5, 5.41) is 3.42. The van der Waals surface area contributed by atoms with Gasteiger partial charge in [-0.15, -0.1) is 11.3 Å². The van der Waals surface area contributed by atoms with E-state index in [2.05, 4.69) is 10.3 Å². The van der Waals surface area contributed by atoms with E-state index in [4.69, 9.17) is 5.73 Å². The fourth-order valence-electron chi connectivity index (χ4n) is 1.64. The number of anilines is 1. The third kappa shape index (κ3) is 3.01. The molecule has 2 aromatic rings. The number of pyridine rings is 1. The smallest absolute Gasteiger partial charge is 0.263 e. The normalized spacial score (nSPS) is 12.5. The molecule has 0 aliphatic rings. The van der Waals surface area contributed by atoms with Crippen molar-refractivity contribution in [2.45, 2.75) is 18.6 Å².